The molecule has 0 unspecified atom stereocenters. The minimum absolute atomic E-state index is 0.253. The zero-order valence-electron chi connectivity index (χ0n) is 19.6. The Bertz CT molecular complexity index is 1580. The molecule has 0 N–H and O–H groups in total. The first-order valence-electron chi connectivity index (χ1n) is 10.2. The molecule has 3 aromatic carbocycles. The first kappa shape index (κ1) is 29.0. The first-order valence-corrected chi connectivity index (χ1v) is 11.7. The SMILES string of the molecule is [N-]=[N+]=Nc1ccc(OP(=O)(Oc2ccc(N=[N+]=[N-])cc2[N+](=O)[O-])Oc2ccc(N=[N+]=[N-])cc2[N+](=O)[O-])c([N+](=O)[O-])c1. The Morgan fingerprint density at radius 2 is 0.854 bits per heavy atom. The molecule has 23 heteroatoms. The van der Waals surface area contributed by atoms with Gasteiger partial charge >= 0.3 is 24.9 Å². The van der Waals surface area contributed by atoms with Crippen molar-refractivity contribution in [1.29, 1.82) is 0 Å². The van der Waals surface area contributed by atoms with Crippen LogP contribution in [0, 0.1) is 30.3 Å². The molecule has 0 aliphatic carbocycles. The third kappa shape index (κ3) is 7.05. The first-order chi connectivity index (χ1) is 19.5. The lowest BCUT2D eigenvalue weighted by Crippen LogP contribution is -2.10. The van der Waals surface area contributed by atoms with E-state index < -0.39 is 56.9 Å². The number of phosphoric ester groups is 1. The van der Waals surface area contributed by atoms with Gasteiger partial charge < -0.3 is 13.6 Å². The highest BCUT2D eigenvalue weighted by atomic mass is 31.2. The number of hydrogen-bond acceptors (Lipinski definition) is 13. The standard InChI is InChI=1S/C18H9N12O10P/c19-25-22-10-1-4-16(13(7-10)28(31)32)38-41(37,39-17-5-2-11(23-26-20)8-14(17)29(33)34)40-18-6-3-12(24-27-21)9-15(18)30(35)36/h1-9H. The highest BCUT2D eigenvalue weighted by molar-refractivity contribution is 7.49. The molecule has 0 aliphatic rings. The molecule has 3 aromatic rings. The Morgan fingerprint density at radius 1 is 0.585 bits per heavy atom. The second-order valence-electron chi connectivity index (χ2n) is 7.02. The Kier molecular flexibility index (Phi) is 8.70. The molecule has 0 atom stereocenters. The monoisotopic (exact) mass is 584 g/mol. The van der Waals surface area contributed by atoms with E-state index in [2.05, 4.69) is 30.1 Å². The van der Waals surface area contributed by atoms with Crippen LogP contribution in [0.25, 0.3) is 31.3 Å². The predicted molar refractivity (Wildman–Crippen MR) is 135 cm³/mol. The number of benzene rings is 3. The molecule has 0 fully saturated rings. The highest BCUT2D eigenvalue weighted by Gasteiger charge is 2.40. The molecule has 0 bridgehead atoms. The summed E-state index contributed by atoms with van der Waals surface area (Å²) in [6, 6.07) is 7.73. The molecule has 3 rings (SSSR count). The summed E-state index contributed by atoms with van der Waals surface area (Å²) in [4.78, 5) is 39.3. The molecule has 22 nitrogen and oxygen atoms in total. The number of nitro groups is 3. The van der Waals surface area contributed by atoms with Gasteiger partial charge in [0.05, 0.1) is 14.8 Å². The molecule has 0 spiro atoms. The molecule has 0 aliphatic heterocycles. The zero-order chi connectivity index (χ0) is 30.2. The van der Waals surface area contributed by atoms with E-state index in [0.29, 0.717) is 0 Å². The van der Waals surface area contributed by atoms with Gasteiger partial charge in [-0.1, -0.05) is 15.3 Å². The van der Waals surface area contributed by atoms with Gasteiger partial charge in [0, 0.05) is 50.0 Å². The van der Waals surface area contributed by atoms with Crippen LogP contribution in [-0.4, -0.2) is 14.8 Å². The van der Waals surface area contributed by atoms with Crippen molar-refractivity contribution in [1.82, 2.24) is 0 Å². The molecule has 206 valence electrons. The van der Waals surface area contributed by atoms with Crippen LogP contribution in [0.3, 0.4) is 0 Å². The van der Waals surface area contributed by atoms with Crippen LogP contribution < -0.4 is 13.6 Å². The fourth-order valence-electron chi connectivity index (χ4n) is 2.94. The van der Waals surface area contributed by atoms with Crippen molar-refractivity contribution in [2.75, 3.05) is 0 Å². The fraction of sp³-hybridized carbons (Fsp3) is 0. The summed E-state index contributed by atoms with van der Waals surface area (Å²) in [5.41, 5.74) is 22.2. The lowest BCUT2D eigenvalue weighted by atomic mass is 10.2. The predicted octanol–water partition coefficient (Wildman–Crippen LogP) is 7.88. The maximum Gasteiger partial charge on any atom is 0.647 e. The third-order valence-electron chi connectivity index (χ3n) is 4.53. The van der Waals surface area contributed by atoms with E-state index in [1.807, 2.05) is 0 Å². The molecule has 0 saturated carbocycles. The maximum absolute atomic E-state index is 13.9. The number of nitro benzene ring substituents is 3. The van der Waals surface area contributed by atoms with Crippen LogP contribution in [0.15, 0.2) is 69.9 Å². The van der Waals surface area contributed by atoms with E-state index in [1.54, 1.807) is 0 Å². The summed E-state index contributed by atoms with van der Waals surface area (Å²) >= 11 is 0. The van der Waals surface area contributed by atoms with Crippen LogP contribution in [0.1, 0.15) is 0 Å². The van der Waals surface area contributed by atoms with Gasteiger partial charge in [-0.3, -0.25) is 30.3 Å². The molecular formula is C18H9N12O10P. The average molecular weight is 584 g/mol. The van der Waals surface area contributed by atoms with E-state index in [-0.39, 0.29) is 17.1 Å². The van der Waals surface area contributed by atoms with E-state index in [4.69, 9.17) is 30.2 Å². The normalized spacial score (nSPS) is 11.3. The van der Waals surface area contributed by atoms with Crippen molar-refractivity contribution in [3.05, 3.63) is 116 Å². The van der Waals surface area contributed by atoms with Crippen molar-refractivity contribution < 1.29 is 32.9 Å². The summed E-state index contributed by atoms with van der Waals surface area (Å²) in [6.07, 6.45) is 0. The third-order valence-corrected chi connectivity index (χ3v) is 5.79. The Morgan fingerprint density at radius 3 is 1.07 bits per heavy atom. The van der Waals surface area contributed by atoms with Gasteiger partial charge in [-0.25, -0.2) is 0 Å². The van der Waals surface area contributed by atoms with Gasteiger partial charge in [-0.15, -0.1) is 0 Å². The van der Waals surface area contributed by atoms with Crippen LogP contribution in [0.5, 0.6) is 17.2 Å². The molecule has 0 heterocycles. The van der Waals surface area contributed by atoms with E-state index in [0.717, 1.165) is 54.6 Å². The van der Waals surface area contributed by atoms with Crippen LogP contribution >= 0.6 is 7.82 Å². The molecule has 0 amide bonds. The summed E-state index contributed by atoms with van der Waals surface area (Å²) in [5.74, 6) is -2.47. The number of rotatable bonds is 12. The number of hydrogen-bond donors (Lipinski definition) is 0. The van der Waals surface area contributed by atoms with E-state index >= 15 is 0 Å². The number of nitrogens with zero attached hydrogens (tertiary/aromatic N) is 12. The van der Waals surface area contributed by atoms with Gasteiger partial charge in [0.25, 0.3) is 0 Å². The molecule has 41 heavy (non-hydrogen) atoms. The lowest BCUT2D eigenvalue weighted by molar-refractivity contribution is -0.385. The lowest BCUT2D eigenvalue weighted by Gasteiger charge is -2.19. The van der Waals surface area contributed by atoms with Gasteiger partial charge in [-0.2, -0.15) is 4.57 Å². The quantitative estimate of drug-likeness (QED) is 0.0494. The van der Waals surface area contributed by atoms with Gasteiger partial charge in [-0.05, 0) is 53.0 Å². The minimum Gasteiger partial charge on any atom is -0.379 e. The Balaban J connectivity index is 2.21. The average Bonchev–Trinajstić information content (AvgIpc) is 2.91. The molecule has 0 radical (unpaired) electrons. The van der Waals surface area contributed by atoms with Crippen molar-refractivity contribution in [2.45, 2.75) is 0 Å². The smallest absolute Gasteiger partial charge is 0.379 e. The molecular weight excluding hydrogens is 575 g/mol. The largest absolute Gasteiger partial charge is 0.647 e. The zero-order valence-corrected chi connectivity index (χ0v) is 20.5. The van der Waals surface area contributed by atoms with E-state index in [9.17, 15) is 34.9 Å². The summed E-state index contributed by atoms with van der Waals surface area (Å²) in [5, 5.41) is 44.5. The minimum atomic E-state index is -5.40. The Labute approximate surface area is 224 Å². The van der Waals surface area contributed by atoms with Crippen molar-refractivity contribution in [3.8, 4) is 17.2 Å². The van der Waals surface area contributed by atoms with Crippen molar-refractivity contribution in [2.24, 2.45) is 15.3 Å². The van der Waals surface area contributed by atoms with Gasteiger partial charge in [0.1, 0.15) is 0 Å². The Hall–Kier alpha value is -6.58. The fourth-order valence-corrected chi connectivity index (χ4v) is 4.23. The molecule has 0 saturated heterocycles. The van der Waals surface area contributed by atoms with Gasteiger partial charge in [0.15, 0.2) is 0 Å². The van der Waals surface area contributed by atoms with Gasteiger partial charge in [0.2, 0.25) is 17.2 Å². The van der Waals surface area contributed by atoms with Crippen LogP contribution in [0.2, 0.25) is 0 Å². The highest BCUT2D eigenvalue weighted by Crippen LogP contribution is 2.55. The summed E-state index contributed by atoms with van der Waals surface area (Å²) < 4.78 is 29.5. The van der Waals surface area contributed by atoms with Crippen LogP contribution in [0.4, 0.5) is 34.1 Å². The second kappa shape index (κ2) is 12.3. The number of azide groups is 3. The van der Waals surface area contributed by atoms with Crippen molar-refractivity contribution >= 4 is 41.9 Å². The van der Waals surface area contributed by atoms with Crippen LogP contribution in [-0.2, 0) is 4.57 Å². The maximum atomic E-state index is 13.9. The molecule has 0 aromatic heterocycles. The summed E-state index contributed by atoms with van der Waals surface area (Å²) in [6.45, 7) is 0. The summed E-state index contributed by atoms with van der Waals surface area (Å²) in [7, 11) is -5.40. The number of phosphoric acid groups is 1. The van der Waals surface area contributed by atoms with Crippen molar-refractivity contribution in [3.63, 3.8) is 0 Å². The second-order valence-corrected chi connectivity index (χ2v) is 8.46. The topological polar surface area (TPSA) is 320 Å². The van der Waals surface area contributed by atoms with E-state index in [1.165, 1.54) is 0 Å².